The van der Waals surface area contributed by atoms with Gasteiger partial charge in [-0.25, -0.2) is 9.78 Å². The van der Waals surface area contributed by atoms with Crippen molar-refractivity contribution >= 4 is 27.9 Å². The van der Waals surface area contributed by atoms with E-state index in [2.05, 4.69) is 0 Å². The van der Waals surface area contributed by atoms with Gasteiger partial charge in [-0.15, -0.1) is 0 Å². The fraction of sp³-hybridized carbons (Fsp3) is 0.310. The maximum Gasteiger partial charge on any atom is 0.336 e. The molecule has 0 saturated heterocycles. The molecule has 0 spiro atoms. The molecule has 4 aromatic rings. The highest BCUT2D eigenvalue weighted by Crippen LogP contribution is 2.42. The maximum absolute atomic E-state index is 11.6. The van der Waals surface area contributed by atoms with E-state index < -0.39 is 22.9 Å². The average molecular weight is 488 g/mol. The molecule has 0 radical (unpaired) electrons. The van der Waals surface area contributed by atoms with Crippen LogP contribution < -0.4 is 19.8 Å². The Morgan fingerprint density at radius 3 is 2.69 bits per heavy atom. The number of para-hydroxylation sites is 1. The Labute approximate surface area is 208 Å². The molecule has 36 heavy (non-hydrogen) atoms. The molecule has 1 aliphatic heterocycles. The number of hydrogen-bond acceptors (Lipinski definition) is 7. The van der Waals surface area contributed by atoms with Crippen LogP contribution in [0.1, 0.15) is 38.8 Å². The predicted molar refractivity (Wildman–Crippen MR) is 139 cm³/mol. The van der Waals surface area contributed by atoms with Gasteiger partial charge in [-0.1, -0.05) is 12.1 Å². The van der Waals surface area contributed by atoms with Crippen molar-refractivity contribution < 1.29 is 23.7 Å². The molecule has 0 bridgehead atoms. The number of fused-ring (bicyclic) bond motifs is 4. The number of methoxy groups -OCH3 is 1. The molecule has 5 rings (SSSR count). The monoisotopic (exact) mass is 487 g/mol. The van der Waals surface area contributed by atoms with E-state index in [0.29, 0.717) is 23.0 Å². The Bertz CT molecular complexity index is 1550. The zero-order chi connectivity index (χ0) is 25.7. The lowest BCUT2D eigenvalue weighted by atomic mass is 9.93. The number of aliphatic hydroxyl groups excluding tert-OH is 1. The lowest BCUT2D eigenvalue weighted by Gasteiger charge is -2.34. The third kappa shape index (κ3) is 4.42. The second-order valence-corrected chi connectivity index (χ2v) is 10.1. The first-order valence-electron chi connectivity index (χ1n) is 11.9. The zero-order valence-corrected chi connectivity index (χ0v) is 21.0. The van der Waals surface area contributed by atoms with Gasteiger partial charge in [-0.2, -0.15) is 0 Å². The van der Waals surface area contributed by atoms with Crippen LogP contribution >= 0.6 is 0 Å². The molecular weight excluding hydrogens is 458 g/mol. The van der Waals surface area contributed by atoms with Crippen molar-refractivity contribution in [3.63, 3.8) is 0 Å². The van der Waals surface area contributed by atoms with Crippen molar-refractivity contribution in [1.29, 1.82) is 0 Å². The number of rotatable bonds is 6. The van der Waals surface area contributed by atoms with Crippen LogP contribution in [0.3, 0.4) is 0 Å². The van der Waals surface area contributed by atoms with Gasteiger partial charge in [-0.05, 0) is 69.7 Å². The molecule has 7 heteroatoms. The summed E-state index contributed by atoms with van der Waals surface area (Å²) in [6.45, 7) is 7.64. The van der Waals surface area contributed by atoms with Crippen LogP contribution in [0.5, 0.6) is 17.4 Å². The number of benzene rings is 2. The van der Waals surface area contributed by atoms with Crippen LogP contribution in [-0.2, 0) is 6.42 Å². The fourth-order valence-corrected chi connectivity index (χ4v) is 4.36. The normalized spacial score (nSPS) is 15.4. The molecule has 1 atom stereocenters. The van der Waals surface area contributed by atoms with Crippen LogP contribution in [0.2, 0.25) is 0 Å². The summed E-state index contributed by atoms with van der Waals surface area (Å²) in [5, 5.41) is 12.9. The zero-order valence-electron chi connectivity index (χ0n) is 21.0. The number of ether oxygens (including phenoxy) is 3. The van der Waals surface area contributed by atoms with Crippen LogP contribution in [0, 0.1) is 0 Å². The molecule has 3 heterocycles. The van der Waals surface area contributed by atoms with Gasteiger partial charge < -0.3 is 23.7 Å². The number of pyridine rings is 1. The Morgan fingerprint density at radius 2 is 1.92 bits per heavy atom. The molecule has 2 aromatic heterocycles. The molecule has 2 aromatic carbocycles. The van der Waals surface area contributed by atoms with E-state index in [4.69, 9.17) is 23.6 Å². The largest absolute Gasteiger partial charge is 0.496 e. The van der Waals surface area contributed by atoms with Gasteiger partial charge in [0, 0.05) is 29.3 Å². The minimum atomic E-state index is -1.01. The van der Waals surface area contributed by atoms with E-state index >= 15 is 0 Å². The highest BCUT2D eigenvalue weighted by molar-refractivity contribution is 5.91. The molecule has 1 N–H and O–H groups in total. The molecule has 0 fully saturated rings. The van der Waals surface area contributed by atoms with E-state index in [1.54, 1.807) is 19.2 Å². The Kier molecular flexibility index (Phi) is 5.75. The van der Waals surface area contributed by atoms with Crippen molar-refractivity contribution in [3.8, 4) is 17.4 Å². The molecule has 186 valence electrons. The molecule has 0 amide bonds. The lowest BCUT2D eigenvalue weighted by molar-refractivity contribution is -0.0307. The van der Waals surface area contributed by atoms with Crippen molar-refractivity contribution in [1.82, 2.24) is 4.98 Å². The summed E-state index contributed by atoms with van der Waals surface area (Å²) in [6, 6.07) is 14.3. The molecule has 1 unspecified atom stereocenters. The first-order valence-corrected chi connectivity index (χ1v) is 11.9. The Morgan fingerprint density at radius 1 is 1.14 bits per heavy atom. The van der Waals surface area contributed by atoms with Gasteiger partial charge in [-0.3, -0.25) is 0 Å². The molecular formula is C29H29NO6. The highest BCUT2D eigenvalue weighted by Gasteiger charge is 2.34. The summed E-state index contributed by atoms with van der Waals surface area (Å²) < 4.78 is 23.5. The van der Waals surface area contributed by atoms with Gasteiger partial charge in [0.25, 0.3) is 0 Å². The topological polar surface area (TPSA) is 91.0 Å². The molecule has 0 aliphatic carbocycles. The van der Waals surface area contributed by atoms with Crippen LogP contribution in [0.15, 0.2) is 63.8 Å². The van der Waals surface area contributed by atoms with Gasteiger partial charge in [0.05, 0.1) is 24.3 Å². The van der Waals surface area contributed by atoms with E-state index in [9.17, 15) is 9.90 Å². The smallest absolute Gasteiger partial charge is 0.336 e. The minimum Gasteiger partial charge on any atom is -0.496 e. The fourth-order valence-electron chi connectivity index (χ4n) is 4.36. The number of nitrogens with zero attached hydrogens (tertiary/aromatic N) is 1. The Hall–Kier alpha value is -3.84. The third-order valence-corrected chi connectivity index (χ3v) is 6.46. The van der Waals surface area contributed by atoms with Gasteiger partial charge in [0.1, 0.15) is 28.3 Å². The van der Waals surface area contributed by atoms with Crippen molar-refractivity contribution in [2.24, 2.45) is 0 Å². The predicted octanol–water partition coefficient (Wildman–Crippen LogP) is 5.30. The summed E-state index contributed by atoms with van der Waals surface area (Å²) in [5.41, 5.74) is 0.783. The van der Waals surface area contributed by atoms with E-state index in [1.165, 1.54) is 6.07 Å². The van der Waals surface area contributed by atoms with Crippen molar-refractivity contribution in [2.45, 2.75) is 51.4 Å². The second-order valence-electron chi connectivity index (χ2n) is 10.1. The third-order valence-electron chi connectivity index (χ3n) is 6.46. The van der Waals surface area contributed by atoms with Crippen LogP contribution in [0.25, 0.3) is 27.9 Å². The number of aliphatic hydroxyl groups is 1. The lowest BCUT2D eigenvalue weighted by Crippen LogP contribution is -2.43. The quantitative estimate of drug-likeness (QED) is 0.369. The second kappa shape index (κ2) is 8.68. The van der Waals surface area contributed by atoms with Crippen molar-refractivity contribution in [3.05, 3.63) is 76.2 Å². The average Bonchev–Trinajstić information content (AvgIpc) is 2.83. The first-order chi connectivity index (χ1) is 17.1. The van der Waals surface area contributed by atoms with Crippen LogP contribution in [-0.4, -0.2) is 34.5 Å². The van der Waals surface area contributed by atoms with E-state index in [1.807, 2.05) is 70.2 Å². The van der Waals surface area contributed by atoms with E-state index in [0.717, 1.165) is 27.4 Å². The molecule has 7 nitrogen and oxygen atoms in total. The summed E-state index contributed by atoms with van der Waals surface area (Å²) in [5.74, 6) is 1.63. The number of aromatic nitrogens is 1. The summed E-state index contributed by atoms with van der Waals surface area (Å²) >= 11 is 0. The summed E-state index contributed by atoms with van der Waals surface area (Å²) in [7, 11) is 1.54. The SMILES string of the molecule is COc1cc2oc(=O)ccc2cc1CC(O)C(C)(C)Oc1nc2ccccc2c2c1C=CC(C)(C)O2. The Balaban J connectivity index is 1.49. The molecule has 0 saturated carbocycles. The molecule has 1 aliphatic rings. The maximum atomic E-state index is 11.6. The van der Waals surface area contributed by atoms with Gasteiger partial charge >= 0.3 is 5.63 Å². The number of hydrogen-bond donors (Lipinski definition) is 1. The van der Waals surface area contributed by atoms with Gasteiger partial charge in [0.15, 0.2) is 0 Å². The first kappa shape index (κ1) is 23.9. The van der Waals surface area contributed by atoms with Gasteiger partial charge in [0.2, 0.25) is 5.88 Å². The summed E-state index contributed by atoms with van der Waals surface area (Å²) in [4.78, 5) is 16.3. The van der Waals surface area contributed by atoms with Crippen molar-refractivity contribution in [2.75, 3.05) is 7.11 Å². The van der Waals surface area contributed by atoms with E-state index in [-0.39, 0.29) is 6.42 Å². The minimum absolute atomic E-state index is 0.250. The highest BCUT2D eigenvalue weighted by atomic mass is 16.5. The standard InChI is InChI=1S/C29H29NO6/c1-28(2)13-12-20-26(35-28)19-8-6-7-9-21(19)30-27(20)36-29(3,4)24(31)15-18-14-17-10-11-25(32)34-23(17)16-22(18)33-5/h6-14,16,24,31H,15H2,1-5H3. The van der Waals surface area contributed by atoms with Crippen LogP contribution in [0.4, 0.5) is 0 Å². The summed E-state index contributed by atoms with van der Waals surface area (Å²) in [6.07, 6.45) is 3.28.